The molecule has 1 amide bonds. The summed E-state index contributed by atoms with van der Waals surface area (Å²) in [5.41, 5.74) is 5.09. The molecule has 1 aliphatic heterocycles. The molecule has 0 radical (unpaired) electrons. The lowest BCUT2D eigenvalue weighted by Gasteiger charge is -2.03. The third-order valence-electron chi connectivity index (χ3n) is 3.42. The number of primary amides is 1. The molecule has 1 atom stereocenters. The van der Waals surface area contributed by atoms with Crippen LogP contribution in [0, 0.1) is 0 Å². The highest BCUT2D eigenvalue weighted by atomic mass is 16.6. The van der Waals surface area contributed by atoms with Gasteiger partial charge in [0.2, 0.25) is 5.91 Å². The zero-order chi connectivity index (χ0) is 13.8. The lowest BCUT2D eigenvalue weighted by Crippen LogP contribution is -2.09. The van der Waals surface area contributed by atoms with Crippen LogP contribution in [-0.2, 0) is 14.3 Å². The van der Waals surface area contributed by atoms with Crippen LogP contribution in [0.15, 0.2) is 0 Å². The SMILES string of the molecule is NC(=O)CCCCCCCCCCCOCC1CO1. The number of ether oxygens (including phenoxy) is 2. The monoisotopic (exact) mass is 271 g/mol. The number of unbranched alkanes of at least 4 members (excludes halogenated alkanes) is 8. The summed E-state index contributed by atoms with van der Waals surface area (Å²) in [6, 6.07) is 0. The maximum atomic E-state index is 10.5. The number of epoxide rings is 1. The Morgan fingerprint density at radius 1 is 1.00 bits per heavy atom. The van der Waals surface area contributed by atoms with Crippen molar-refractivity contribution in [2.24, 2.45) is 5.73 Å². The summed E-state index contributed by atoms with van der Waals surface area (Å²) in [5.74, 6) is -0.171. The van der Waals surface area contributed by atoms with Crippen LogP contribution in [-0.4, -0.2) is 31.8 Å². The van der Waals surface area contributed by atoms with Crippen molar-refractivity contribution in [3.63, 3.8) is 0 Å². The first-order valence-electron chi connectivity index (χ1n) is 7.76. The Hall–Kier alpha value is -0.610. The minimum absolute atomic E-state index is 0.171. The number of hydrogen-bond donors (Lipinski definition) is 1. The van der Waals surface area contributed by atoms with Crippen molar-refractivity contribution in [3.8, 4) is 0 Å². The molecule has 0 aromatic heterocycles. The second-order valence-corrected chi connectivity index (χ2v) is 5.43. The van der Waals surface area contributed by atoms with Crippen molar-refractivity contribution < 1.29 is 14.3 Å². The highest BCUT2D eigenvalue weighted by molar-refractivity contribution is 5.73. The van der Waals surface area contributed by atoms with Crippen LogP contribution in [0.4, 0.5) is 0 Å². The van der Waals surface area contributed by atoms with E-state index in [1.165, 1.54) is 44.9 Å². The zero-order valence-corrected chi connectivity index (χ0v) is 12.1. The van der Waals surface area contributed by atoms with E-state index in [2.05, 4.69) is 0 Å². The van der Waals surface area contributed by atoms with Gasteiger partial charge in [-0.2, -0.15) is 0 Å². The molecule has 1 aliphatic rings. The van der Waals surface area contributed by atoms with Crippen LogP contribution < -0.4 is 5.73 Å². The largest absolute Gasteiger partial charge is 0.379 e. The lowest BCUT2D eigenvalue weighted by molar-refractivity contribution is -0.118. The van der Waals surface area contributed by atoms with E-state index < -0.39 is 0 Å². The number of rotatable bonds is 14. The number of carbonyl (C=O) groups is 1. The molecule has 19 heavy (non-hydrogen) atoms. The standard InChI is InChI=1S/C15H29NO3/c16-15(17)10-8-6-4-2-1-3-5-7-9-11-18-12-14-13-19-14/h14H,1-13H2,(H2,16,17). The quantitative estimate of drug-likeness (QED) is 0.390. The molecule has 4 nitrogen and oxygen atoms in total. The van der Waals surface area contributed by atoms with E-state index in [4.69, 9.17) is 15.2 Å². The van der Waals surface area contributed by atoms with E-state index in [0.717, 1.165) is 32.7 Å². The van der Waals surface area contributed by atoms with Gasteiger partial charge in [-0.25, -0.2) is 0 Å². The molecule has 0 aliphatic carbocycles. The molecule has 0 aromatic rings. The number of hydrogen-bond acceptors (Lipinski definition) is 3. The predicted molar refractivity (Wildman–Crippen MR) is 75.9 cm³/mol. The first kappa shape index (κ1) is 16.4. The first-order valence-corrected chi connectivity index (χ1v) is 7.76. The van der Waals surface area contributed by atoms with E-state index >= 15 is 0 Å². The molecular formula is C15H29NO3. The molecular weight excluding hydrogens is 242 g/mol. The Balaban J connectivity index is 1.63. The van der Waals surface area contributed by atoms with Gasteiger partial charge in [-0.3, -0.25) is 4.79 Å². The summed E-state index contributed by atoms with van der Waals surface area (Å²) in [5, 5.41) is 0. The Morgan fingerprint density at radius 2 is 1.53 bits per heavy atom. The van der Waals surface area contributed by atoms with Crippen molar-refractivity contribution in [3.05, 3.63) is 0 Å². The minimum Gasteiger partial charge on any atom is -0.379 e. The normalized spacial score (nSPS) is 17.6. The number of carbonyl (C=O) groups excluding carboxylic acids is 1. The van der Waals surface area contributed by atoms with Crippen LogP contribution in [0.1, 0.15) is 64.2 Å². The van der Waals surface area contributed by atoms with Crippen LogP contribution >= 0.6 is 0 Å². The summed E-state index contributed by atoms with van der Waals surface area (Å²) < 4.78 is 10.6. The molecule has 1 unspecified atom stereocenters. The smallest absolute Gasteiger partial charge is 0.217 e. The van der Waals surface area contributed by atoms with Crippen molar-refractivity contribution in [1.82, 2.24) is 0 Å². The molecule has 1 rings (SSSR count). The van der Waals surface area contributed by atoms with E-state index in [0.29, 0.717) is 12.5 Å². The third kappa shape index (κ3) is 12.2. The van der Waals surface area contributed by atoms with E-state index in [1.54, 1.807) is 0 Å². The van der Waals surface area contributed by atoms with Gasteiger partial charge in [0.25, 0.3) is 0 Å². The summed E-state index contributed by atoms with van der Waals surface area (Å²) in [4.78, 5) is 10.5. The lowest BCUT2D eigenvalue weighted by atomic mass is 10.1. The number of amides is 1. The van der Waals surface area contributed by atoms with Gasteiger partial charge in [0.15, 0.2) is 0 Å². The second kappa shape index (κ2) is 11.2. The van der Waals surface area contributed by atoms with Crippen LogP contribution in [0.3, 0.4) is 0 Å². The fourth-order valence-electron chi connectivity index (χ4n) is 2.12. The molecule has 1 fully saturated rings. The van der Waals surface area contributed by atoms with Gasteiger partial charge in [0.05, 0.1) is 13.2 Å². The van der Waals surface area contributed by atoms with Crippen molar-refractivity contribution in [1.29, 1.82) is 0 Å². The Morgan fingerprint density at radius 3 is 2.05 bits per heavy atom. The predicted octanol–water partition coefficient (Wildman–Crippen LogP) is 2.79. The minimum atomic E-state index is -0.171. The molecule has 4 heteroatoms. The first-order chi connectivity index (χ1) is 9.29. The van der Waals surface area contributed by atoms with Gasteiger partial charge >= 0.3 is 0 Å². The van der Waals surface area contributed by atoms with E-state index in [1.807, 2.05) is 0 Å². The van der Waals surface area contributed by atoms with Gasteiger partial charge in [-0.1, -0.05) is 44.9 Å². The Bertz CT molecular complexity index is 229. The molecule has 2 N–H and O–H groups in total. The molecule has 1 heterocycles. The maximum absolute atomic E-state index is 10.5. The molecule has 1 saturated heterocycles. The summed E-state index contributed by atoms with van der Waals surface area (Å²) in [6.07, 6.45) is 11.9. The van der Waals surface area contributed by atoms with Gasteiger partial charge in [-0.05, 0) is 12.8 Å². The summed E-state index contributed by atoms with van der Waals surface area (Å²) in [7, 11) is 0. The molecule has 112 valence electrons. The van der Waals surface area contributed by atoms with Crippen molar-refractivity contribution in [2.45, 2.75) is 70.3 Å². The Labute approximate surface area is 117 Å². The van der Waals surface area contributed by atoms with Crippen molar-refractivity contribution in [2.75, 3.05) is 19.8 Å². The van der Waals surface area contributed by atoms with Gasteiger partial charge in [0, 0.05) is 13.0 Å². The molecule has 0 aromatic carbocycles. The van der Waals surface area contributed by atoms with Gasteiger partial charge < -0.3 is 15.2 Å². The van der Waals surface area contributed by atoms with Crippen LogP contribution in [0.5, 0.6) is 0 Å². The Kier molecular flexibility index (Phi) is 9.72. The van der Waals surface area contributed by atoms with Crippen LogP contribution in [0.25, 0.3) is 0 Å². The third-order valence-corrected chi connectivity index (χ3v) is 3.42. The maximum Gasteiger partial charge on any atom is 0.217 e. The van der Waals surface area contributed by atoms with E-state index in [9.17, 15) is 4.79 Å². The topological polar surface area (TPSA) is 64.9 Å². The van der Waals surface area contributed by atoms with Gasteiger partial charge in [-0.15, -0.1) is 0 Å². The summed E-state index contributed by atoms with van der Waals surface area (Å²) >= 11 is 0. The molecule has 0 spiro atoms. The zero-order valence-electron chi connectivity index (χ0n) is 12.1. The van der Waals surface area contributed by atoms with Crippen LogP contribution in [0.2, 0.25) is 0 Å². The highest BCUT2D eigenvalue weighted by Crippen LogP contribution is 2.11. The highest BCUT2D eigenvalue weighted by Gasteiger charge is 2.21. The van der Waals surface area contributed by atoms with Crippen molar-refractivity contribution >= 4 is 5.91 Å². The van der Waals surface area contributed by atoms with Gasteiger partial charge in [0.1, 0.15) is 6.10 Å². The molecule has 0 saturated carbocycles. The number of nitrogens with two attached hydrogens (primary N) is 1. The molecule has 0 bridgehead atoms. The fourth-order valence-corrected chi connectivity index (χ4v) is 2.12. The average Bonchev–Trinajstić information content (AvgIpc) is 3.18. The fraction of sp³-hybridized carbons (Fsp3) is 0.933. The average molecular weight is 271 g/mol. The van der Waals surface area contributed by atoms with E-state index in [-0.39, 0.29) is 5.91 Å². The summed E-state index contributed by atoms with van der Waals surface area (Å²) in [6.45, 7) is 2.55. The second-order valence-electron chi connectivity index (χ2n) is 5.43.